The van der Waals surface area contributed by atoms with E-state index in [1.165, 1.54) is 29.2 Å². The molecule has 1 fully saturated rings. The molecular formula is C21H23F3N2O3. The summed E-state index contributed by atoms with van der Waals surface area (Å²) in [6.07, 6.45) is -2.40. The van der Waals surface area contributed by atoms with Crippen molar-refractivity contribution in [2.24, 2.45) is 0 Å². The highest BCUT2D eigenvalue weighted by atomic mass is 19.4. The number of rotatable bonds is 8. The zero-order chi connectivity index (χ0) is 21.8. The molecule has 0 bridgehead atoms. The molecule has 1 unspecified atom stereocenters. The molecule has 0 radical (unpaired) electrons. The van der Waals surface area contributed by atoms with Gasteiger partial charge in [0.15, 0.2) is 0 Å². The third kappa shape index (κ3) is 4.41. The van der Waals surface area contributed by atoms with Crippen LogP contribution in [-0.2, 0) is 26.0 Å². The number of imide groups is 1. The monoisotopic (exact) mass is 408 g/mol. The Bertz CT molecular complexity index is 825. The molecule has 29 heavy (non-hydrogen) atoms. The Morgan fingerprint density at radius 2 is 1.86 bits per heavy atom. The number of alkyl halides is 3. The Balaban J connectivity index is 2.56. The molecule has 1 aromatic rings. The van der Waals surface area contributed by atoms with Crippen LogP contribution in [0.1, 0.15) is 30.9 Å². The van der Waals surface area contributed by atoms with Crippen molar-refractivity contribution >= 4 is 17.7 Å². The Labute approximate surface area is 167 Å². The van der Waals surface area contributed by atoms with Gasteiger partial charge in [-0.1, -0.05) is 30.4 Å². The van der Waals surface area contributed by atoms with Crippen LogP contribution in [0.5, 0.6) is 0 Å². The van der Waals surface area contributed by atoms with Crippen LogP contribution in [0.15, 0.2) is 49.6 Å². The Kier molecular flexibility index (Phi) is 6.66. The van der Waals surface area contributed by atoms with Gasteiger partial charge in [-0.15, -0.1) is 13.2 Å². The summed E-state index contributed by atoms with van der Waals surface area (Å²) in [6, 6.07) is 4.28. The van der Waals surface area contributed by atoms with Crippen molar-refractivity contribution in [3.05, 3.63) is 60.7 Å². The normalized spacial score (nSPS) is 19.4. The van der Waals surface area contributed by atoms with E-state index in [1.54, 1.807) is 6.92 Å². The van der Waals surface area contributed by atoms with Gasteiger partial charge >= 0.3 is 6.18 Å². The topological polar surface area (TPSA) is 57.7 Å². The number of hydrogen-bond acceptors (Lipinski definition) is 3. The highest BCUT2D eigenvalue weighted by molar-refractivity contribution is 6.10. The molecule has 156 valence electrons. The lowest BCUT2D eigenvalue weighted by Crippen LogP contribution is -2.43. The molecule has 0 saturated carbocycles. The molecule has 0 aliphatic carbocycles. The van der Waals surface area contributed by atoms with Gasteiger partial charge in [0.1, 0.15) is 0 Å². The Morgan fingerprint density at radius 3 is 2.34 bits per heavy atom. The number of carbonyl (C=O) groups excluding carboxylic acids is 3. The van der Waals surface area contributed by atoms with Crippen molar-refractivity contribution in [3.63, 3.8) is 0 Å². The number of carbonyl (C=O) groups is 3. The van der Waals surface area contributed by atoms with Gasteiger partial charge in [-0.3, -0.25) is 19.3 Å². The molecular weight excluding hydrogens is 385 g/mol. The van der Waals surface area contributed by atoms with E-state index >= 15 is 0 Å². The van der Waals surface area contributed by atoms with Crippen LogP contribution in [-0.4, -0.2) is 47.2 Å². The van der Waals surface area contributed by atoms with E-state index in [4.69, 9.17) is 0 Å². The maximum Gasteiger partial charge on any atom is 0.416 e. The summed E-state index contributed by atoms with van der Waals surface area (Å²) in [5.74, 6) is -1.64. The maximum absolute atomic E-state index is 13.2. The standard InChI is InChI=1S/C21H23F3N2O3/c1-4-10-25(11-5-2)17(27)13-20(14-18(28)26(6-3)19(20)29)15-8-7-9-16(12-15)21(22,23)24/h4-5,7-9,12H,1-2,6,10-11,13-14H2,3H3. The van der Waals surface area contributed by atoms with Crippen LogP contribution < -0.4 is 0 Å². The summed E-state index contributed by atoms with van der Waals surface area (Å²) >= 11 is 0. The number of nitrogens with zero attached hydrogens (tertiary/aromatic N) is 2. The van der Waals surface area contributed by atoms with E-state index in [9.17, 15) is 27.6 Å². The predicted molar refractivity (Wildman–Crippen MR) is 102 cm³/mol. The minimum atomic E-state index is -4.62. The molecule has 0 N–H and O–H groups in total. The van der Waals surface area contributed by atoms with E-state index in [1.807, 2.05) is 0 Å². The minimum Gasteiger partial charge on any atom is -0.335 e. The summed E-state index contributed by atoms with van der Waals surface area (Å²) in [6.45, 7) is 9.21. The summed E-state index contributed by atoms with van der Waals surface area (Å²) < 4.78 is 39.7. The van der Waals surface area contributed by atoms with E-state index in [2.05, 4.69) is 13.2 Å². The van der Waals surface area contributed by atoms with Gasteiger partial charge < -0.3 is 4.90 Å². The van der Waals surface area contributed by atoms with Crippen LogP contribution in [0, 0.1) is 0 Å². The van der Waals surface area contributed by atoms with Crippen LogP contribution in [0.4, 0.5) is 13.2 Å². The molecule has 3 amide bonds. The average molecular weight is 408 g/mol. The van der Waals surface area contributed by atoms with Crippen molar-refractivity contribution in [2.45, 2.75) is 31.4 Å². The molecule has 0 aromatic heterocycles. The largest absolute Gasteiger partial charge is 0.416 e. The van der Waals surface area contributed by atoms with Gasteiger partial charge in [0.2, 0.25) is 17.7 Å². The van der Waals surface area contributed by atoms with Gasteiger partial charge in [-0.05, 0) is 18.6 Å². The third-order valence-corrected chi connectivity index (χ3v) is 4.97. The predicted octanol–water partition coefficient (Wildman–Crippen LogP) is 3.31. The second-order valence-corrected chi connectivity index (χ2v) is 6.83. The lowest BCUT2D eigenvalue weighted by atomic mass is 9.75. The third-order valence-electron chi connectivity index (χ3n) is 4.97. The highest BCUT2D eigenvalue weighted by Crippen LogP contribution is 2.42. The van der Waals surface area contributed by atoms with Gasteiger partial charge in [0.05, 0.1) is 11.0 Å². The van der Waals surface area contributed by atoms with Crippen LogP contribution in [0.3, 0.4) is 0 Å². The number of likely N-dealkylation sites (tertiary alicyclic amines) is 1. The Morgan fingerprint density at radius 1 is 1.24 bits per heavy atom. The number of halogens is 3. The molecule has 1 saturated heterocycles. The molecule has 1 aliphatic heterocycles. The van der Waals surface area contributed by atoms with Gasteiger partial charge in [-0.25, -0.2) is 0 Å². The molecule has 1 heterocycles. The van der Waals surface area contributed by atoms with Gasteiger partial charge in [-0.2, -0.15) is 13.2 Å². The first kappa shape index (κ1) is 22.4. The zero-order valence-corrected chi connectivity index (χ0v) is 16.2. The van der Waals surface area contributed by atoms with Gasteiger partial charge in [0.25, 0.3) is 0 Å². The summed E-state index contributed by atoms with van der Waals surface area (Å²) in [5, 5.41) is 0. The molecule has 2 rings (SSSR count). The highest BCUT2D eigenvalue weighted by Gasteiger charge is 2.54. The van der Waals surface area contributed by atoms with Crippen molar-refractivity contribution in [2.75, 3.05) is 19.6 Å². The maximum atomic E-state index is 13.2. The second kappa shape index (κ2) is 8.63. The van der Waals surface area contributed by atoms with E-state index in [0.717, 1.165) is 17.0 Å². The summed E-state index contributed by atoms with van der Waals surface area (Å²) in [5.41, 5.74) is -2.61. The van der Waals surface area contributed by atoms with E-state index < -0.39 is 41.3 Å². The molecule has 1 aliphatic rings. The van der Waals surface area contributed by atoms with Crippen molar-refractivity contribution in [3.8, 4) is 0 Å². The average Bonchev–Trinajstić information content (AvgIpc) is 2.91. The van der Waals surface area contributed by atoms with Crippen LogP contribution in [0.2, 0.25) is 0 Å². The first-order valence-corrected chi connectivity index (χ1v) is 9.12. The second-order valence-electron chi connectivity index (χ2n) is 6.83. The molecule has 0 spiro atoms. The number of amides is 3. The van der Waals surface area contributed by atoms with Crippen molar-refractivity contribution in [1.29, 1.82) is 0 Å². The summed E-state index contributed by atoms with van der Waals surface area (Å²) in [7, 11) is 0. The SMILES string of the molecule is C=CCN(CC=C)C(=O)CC1(c2cccc(C(F)(F)F)c2)CC(=O)N(CC)C1=O. The van der Waals surface area contributed by atoms with Crippen molar-refractivity contribution < 1.29 is 27.6 Å². The first-order valence-electron chi connectivity index (χ1n) is 9.12. The smallest absolute Gasteiger partial charge is 0.335 e. The van der Waals surface area contributed by atoms with Crippen LogP contribution >= 0.6 is 0 Å². The van der Waals surface area contributed by atoms with Gasteiger partial charge in [0, 0.05) is 32.5 Å². The molecule has 5 nitrogen and oxygen atoms in total. The zero-order valence-electron chi connectivity index (χ0n) is 16.2. The fraction of sp³-hybridized carbons (Fsp3) is 0.381. The van der Waals surface area contributed by atoms with E-state index in [-0.39, 0.29) is 31.6 Å². The molecule has 8 heteroatoms. The number of likely N-dealkylation sites (N-methyl/N-ethyl adjacent to an activating group) is 1. The van der Waals surface area contributed by atoms with Crippen molar-refractivity contribution in [1.82, 2.24) is 9.80 Å². The Hall–Kier alpha value is -2.90. The quantitative estimate of drug-likeness (QED) is 0.490. The number of benzene rings is 1. The fourth-order valence-electron chi connectivity index (χ4n) is 3.54. The van der Waals surface area contributed by atoms with Crippen LogP contribution in [0.25, 0.3) is 0 Å². The van der Waals surface area contributed by atoms with E-state index in [0.29, 0.717) is 0 Å². The molecule has 1 aromatic carbocycles. The first-order chi connectivity index (χ1) is 13.6. The number of hydrogen-bond donors (Lipinski definition) is 0. The summed E-state index contributed by atoms with van der Waals surface area (Å²) in [4.78, 5) is 40.8. The lowest BCUT2D eigenvalue weighted by molar-refractivity contribution is -0.142. The molecule has 1 atom stereocenters. The lowest BCUT2D eigenvalue weighted by Gasteiger charge is -2.30. The minimum absolute atomic E-state index is 0.00660. The fourth-order valence-corrected chi connectivity index (χ4v) is 3.54.